The molecule has 0 bridgehead atoms. The first-order valence-corrected chi connectivity index (χ1v) is 8.80. The lowest BCUT2D eigenvalue weighted by molar-refractivity contribution is 0.190. The minimum atomic E-state index is -0.188. The van der Waals surface area contributed by atoms with Gasteiger partial charge in [0.15, 0.2) is 0 Å². The molecule has 1 unspecified atom stereocenters. The standard InChI is InChI=1S/C20H27FN4/c1-23(2)18-7-3-16(4-8-18)20(15-22)25-13-11-24(12-14-25)19-9-5-17(21)6-10-19/h3-10,20H,11-15,22H2,1-2H3. The Morgan fingerprint density at radius 2 is 1.56 bits per heavy atom. The summed E-state index contributed by atoms with van der Waals surface area (Å²) in [6, 6.07) is 15.6. The third kappa shape index (κ3) is 4.11. The quantitative estimate of drug-likeness (QED) is 0.906. The first-order valence-electron chi connectivity index (χ1n) is 8.80. The minimum Gasteiger partial charge on any atom is -0.378 e. The van der Waals surface area contributed by atoms with E-state index in [0.717, 1.165) is 31.9 Å². The van der Waals surface area contributed by atoms with Crippen molar-refractivity contribution >= 4 is 11.4 Å². The number of nitrogens with zero attached hydrogens (tertiary/aromatic N) is 3. The van der Waals surface area contributed by atoms with E-state index in [1.807, 2.05) is 26.2 Å². The van der Waals surface area contributed by atoms with Crippen molar-refractivity contribution in [3.63, 3.8) is 0 Å². The molecule has 1 heterocycles. The summed E-state index contributed by atoms with van der Waals surface area (Å²) in [5, 5.41) is 0. The van der Waals surface area contributed by atoms with Crippen LogP contribution in [-0.4, -0.2) is 51.7 Å². The molecule has 4 nitrogen and oxygen atoms in total. The van der Waals surface area contributed by atoms with E-state index in [-0.39, 0.29) is 11.9 Å². The van der Waals surface area contributed by atoms with Crippen molar-refractivity contribution < 1.29 is 4.39 Å². The lowest BCUT2D eigenvalue weighted by Gasteiger charge is -2.40. The second kappa shape index (κ2) is 7.85. The van der Waals surface area contributed by atoms with Crippen molar-refractivity contribution in [2.45, 2.75) is 6.04 Å². The normalized spacial score (nSPS) is 16.7. The highest BCUT2D eigenvalue weighted by Gasteiger charge is 2.24. The van der Waals surface area contributed by atoms with Gasteiger partial charge < -0.3 is 15.5 Å². The Morgan fingerprint density at radius 1 is 0.960 bits per heavy atom. The summed E-state index contributed by atoms with van der Waals surface area (Å²) in [6.07, 6.45) is 0. The molecule has 0 spiro atoms. The molecule has 2 aromatic rings. The molecule has 5 heteroatoms. The van der Waals surface area contributed by atoms with Gasteiger partial charge in [-0.1, -0.05) is 12.1 Å². The maximum Gasteiger partial charge on any atom is 0.123 e. The number of benzene rings is 2. The Labute approximate surface area is 149 Å². The highest BCUT2D eigenvalue weighted by atomic mass is 19.1. The van der Waals surface area contributed by atoms with Gasteiger partial charge in [0.1, 0.15) is 5.82 Å². The Morgan fingerprint density at radius 3 is 2.08 bits per heavy atom. The summed E-state index contributed by atoms with van der Waals surface area (Å²) in [6.45, 7) is 4.37. The van der Waals surface area contributed by atoms with Crippen LogP contribution in [0.15, 0.2) is 48.5 Å². The van der Waals surface area contributed by atoms with Crippen molar-refractivity contribution in [1.29, 1.82) is 0 Å². The first-order chi connectivity index (χ1) is 12.1. The van der Waals surface area contributed by atoms with E-state index in [2.05, 4.69) is 39.0 Å². The van der Waals surface area contributed by atoms with Gasteiger partial charge in [0.2, 0.25) is 0 Å². The average Bonchev–Trinajstić information content (AvgIpc) is 2.64. The van der Waals surface area contributed by atoms with E-state index in [1.165, 1.54) is 23.4 Å². The van der Waals surface area contributed by atoms with Crippen LogP contribution >= 0.6 is 0 Å². The van der Waals surface area contributed by atoms with Crippen molar-refractivity contribution in [3.05, 3.63) is 59.9 Å². The van der Waals surface area contributed by atoms with Gasteiger partial charge in [-0.25, -0.2) is 4.39 Å². The molecule has 2 aromatic carbocycles. The number of nitrogens with two attached hydrogens (primary N) is 1. The molecule has 1 aliphatic rings. The molecule has 1 saturated heterocycles. The SMILES string of the molecule is CN(C)c1ccc(C(CN)N2CCN(c3ccc(F)cc3)CC2)cc1. The maximum absolute atomic E-state index is 13.1. The molecule has 1 fully saturated rings. The summed E-state index contributed by atoms with van der Waals surface area (Å²) in [4.78, 5) is 6.85. The molecule has 0 radical (unpaired) electrons. The molecule has 1 atom stereocenters. The zero-order valence-electron chi connectivity index (χ0n) is 15.0. The molecule has 0 aromatic heterocycles. The van der Waals surface area contributed by atoms with Crippen molar-refractivity contribution in [2.24, 2.45) is 5.73 Å². The minimum absolute atomic E-state index is 0.188. The molecule has 1 aliphatic heterocycles. The smallest absolute Gasteiger partial charge is 0.123 e. The lowest BCUT2D eigenvalue weighted by atomic mass is 10.0. The van der Waals surface area contributed by atoms with E-state index >= 15 is 0 Å². The number of halogens is 1. The summed E-state index contributed by atoms with van der Waals surface area (Å²) < 4.78 is 13.1. The van der Waals surface area contributed by atoms with Crippen LogP contribution in [0.25, 0.3) is 0 Å². The number of hydrogen-bond acceptors (Lipinski definition) is 4. The van der Waals surface area contributed by atoms with Crippen LogP contribution in [0.2, 0.25) is 0 Å². The van der Waals surface area contributed by atoms with Gasteiger partial charge in [-0.15, -0.1) is 0 Å². The number of hydrogen-bond donors (Lipinski definition) is 1. The summed E-state index contributed by atoms with van der Waals surface area (Å²) in [5.74, 6) is -0.188. The second-order valence-electron chi connectivity index (χ2n) is 6.74. The predicted octanol–water partition coefficient (Wildman–Crippen LogP) is 2.71. The maximum atomic E-state index is 13.1. The average molecular weight is 342 g/mol. The molecular formula is C20H27FN4. The highest BCUT2D eigenvalue weighted by Crippen LogP contribution is 2.25. The molecule has 2 N–H and O–H groups in total. The zero-order chi connectivity index (χ0) is 17.8. The largest absolute Gasteiger partial charge is 0.378 e. The first kappa shape index (κ1) is 17.7. The number of anilines is 2. The van der Waals surface area contributed by atoms with Gasteiger partial charge >= 0.3 is 0 Å². The third-order valence-corrected chi connectivity index (χ3v) is 4.96. The Kier molecular flexibility index (Phi) is 5.56. The fourth-order valence-corrected chi connectivity index (χ4v) is 3.43. The highest BCUT2D eigenvalue weighted by molar-refractivity contribution is 5.48. The van der Waals surface area contributed by atoms with Crippen LogP contribution < -0.4 is 15.5 Å². The predicted molar refractivity (Wildman–Crippen MR) is 103 cm³/mol. The van der Waals surface area contributed by atoms with Gasteiger partial charge in [-0.2, -0.15) is 0 Å². The molecule has 3 rings (SSSR count). The molecule has 0 amide bonds. The fourth-order valence-electron chi connectivity index (χ4n) is 3.43. The van der Waals surface area contributed by atoms with Gasteiger partial charge in [0, 0.05) is 64.2 Å². The third-order valence-electron chi connectivity index (χ3n) is 4.96. The topological polar surface area (TPSA) is 35.7 Å². The Hall–Kier alpha value is -2.11. The van der Waals surface area contributed by atoms with Crippen LogP contribution in [0.1, 0.15) is 11.6 Å². The van der Waals surface area contributed by atoms with Crippen molar-refractivity contribution in [1.82, 2.24) is 4.90 Å². The molecule has 134 valence electrons. The second-order valence-corrected chi connectivity index (χ2v) is 6.74. The molecule has 0 saturated carbocycles. The van der Waals surface area contributed by atoms with Crippen molar-refractivity contribution in [3.8, 4) is 0 Å². The van der Waals surface area contributed by atoms with Crippen LogP contribution in [0, 0.1) is 5.82 Å². The number of piperazine rings is 1. The van der Waals surface area contributed by atoms with Gasteiger partial charge in [0.05, 0.1) is 0 Å². The summed E-state index contributed by atoms with van der Waals surface area (Å²) in [7, 11) is 4.09. The van der Waals surface area contributed by atoms with Crippen molar-refractivity contribution in [2.75, 3.05) is 56.6 Å². The van der Waals surface area contributed by atoms with E-state index in [1.54, 1.807) is 0 Å². The summed E-state index contributed by atoms with van der Waals surface area (Å²) in [5.41, 5.74) is 9.63. The monoisotopic (exact) mass is 342 g/mol. The van der Waals surface area contributed by atoms with E-state index in [0.29, 0.717) is 6.54 Å². The molecular weight excluding hydrogens is 315 g/mol. The Balaban J connectivity index is 1.64. The molecule has 25 heavy (non-hydrogen) atoms. The molecule has 0 aliphatic carbocycles. The summed E-state index contributed by atoms with van der Waals surface area (Å²) >= 11 is 0. The van der Waals surface area contributed by atoms with E-state index < -0.39 is 0 Å². The van der Waals surface area contributed by atoms with Crippen LogP contribution in [0.3, 0.4) is 0 Å². The van der Waals surface area contributed by atoms with Gasteiger partial charge in [-0.05, 0) is 42.0 Å². The Bertz CT molecular complexity index is 661. The van der Waals surface area contributed by atoms with Crippen LogP contribution in [-0.2, 0) is 0 Å². The lowest BCUT2D eigenvalue weighted by Crippen LogP contribution is -2.49. The van der Waals surface area contributed by atoms with E-state index in [9.17, 15) is 4.39 Å². The fraction of sp³-hybridized carbons (Fsp3) is 0.400. The van der Waals surface area contributed by atoms with E-state index in [4.69, 9.17) is 5.73 Å². The van der Waals surface area contributed by atoms with Crippen LogP contribution in [0.5, 0.6) is 0 Å². The number of rotatable bonds is 5. The zero-order valence-corrected chi connectivity index (χ0v) is 15.0. The van der Waals surface area contributed by atoms with Gasteiger partial charge in [0.25, 0.3) is 0 Å². The van der Waals surface area contributed by atoms with Crippen LogP contribution in [0.4, 0.5) is 15.8 Å². The van der Waals surface area contributed by atoms with Gasteiger partial charge in [-0.3, -0.25) is 4.90 Å².